The van der Waals surface area contributed by atoms with Crippen molar-refractivity contribution in [2.75, 3.05) is 12.9 Å². The van der Waals surface area contributed by atoms with Crippen molar-refractivity contribution in [1.82, 2.24) is 9.97 Å². The number of aromatic nitrogens is 2. The van der Waals surface area contributed by atoms with Gasteiger partial charge in [-0.1, -0.05) is 37.7 Å². The normalized spacial score (nSPS) is 10.7. The molecule has 0 spiro atoms. The first-order valence-corrected chi connectivity index (χ1v) is 9.01. The molecule has 0 saturated heterocycles. The molecule has 1 aromatic carbocycles. The second kappa shape index (κ2) is 8.02. The second-order valence-electron chi connectivity index (χ2n) is 5.92. The Bertz CT molecular complexity index is 822. The van der Waals surface area contributed by atoms with Crippen LogP contribution in [0.4, 0.5) is 0 Å². The minimum absolute atomic E-state index is 0.0183. The number of aromatic amines is 1. The third kappa shape index (κ3) is 4.18. The number of nitriles is 1. The lowest BCUT2D eigenvalue weighted by atomic mass is 10.0. The van der Waals surface area contributed by atoms with E-state index in [1.54, 1.807) is 0 Å². The van der Waals surface area contributed by atoms with Gasteiger partial charge in [0.05, 0.1) is 12.3 Å². The SMILES string of the molecule is CSc1nc(-c2ccc(C)c(OCCC(C)C)c2)c(C#N)c(=O)[nH]1. The molecule has 2 aromatic rings. The molecule has 24 heavy (non-hydrogen) atoms. The summed E-state index contributed by atoms with van der Waals surface area (Å²) in [5.41, 5.74) is 1.70. The van der Waals surface area contributed by atoms with Crippen LogP contribution in [0.5, 0.6) is 5.75 Å². The van der Waals surface area contributed by atoms with E-state index in [1.807, 2.05) is 37.4 Å². The van der Waals surface area contributed by atoms with E-state index in [9.17, 15) is 10.1 Å². The van der Waals surface area contributed by atoms with Crippen LogP contribution in [0.2, 0.25) is 0 Å². The van der Waals surface area contributed by atoms with Crippen molar-refractivity contribution >= 4 is 11.8 Å². The summed E-state index contributed by atoms with van der Waals surface area (Å²) in [5.74, 6) is 1.32. The first-order valence-electron chi connectivity index (χ1n) is 7.78. The molecule has 0 atom stereocenters. The number of aryl methyl sites for hydroxylation is 1. The van der Waals surface area contributed by atoms with Gasteiger partial charge >= 0.3 is 0 Å². The Hall–Kier alpha value is -2.26. The van der Waals surface area contributed by atoms with Crippen LogP contribution in [-0.2, 0) is 0 Å². The number of benzene rings is 1. The van der Waals surface area contributed by atoms with Gasteiger partial charge in [-0.2, -0.15) is 5.26 Å². The average molecular weight is 343 g/mol. The number of nitrogens with one attached hydrogen (secondary N) is 1. The molecule has 6 heteroatoms. The first kappa shape index (κ1) is 18.1. The number of rotatable bonds is 6. The third-order valence-corrected chi connectivity index (χ3v) is 4.20. The van der Waals surface area contributed by atoms with Gasteiger partial charge in [0, 0.05) is 5.56 Å². The highest BCUT2D eigenvalue weighted by Gasteiger charge is 2.14. The van der Waals surface area contributed by atoms with Crippen LogP contribution in [0.3, 0.4) is 0 Å². The highest BCUT2D eigenvalue weighted by molar-refractivity contribution is 7.98. The van der Waals surface area contributed by atoms with E-state index in [-0.39, 0.29) is 5.56 Å². The molecule has 0 aliphatic carbocycles. The number of ether oxygens (including phenoxy) is 1. The average Bonchev–Trinajstić information content (AvgIpc) is 2.55. The van der Waals surface area contributed by atoms with Crippen LogP contribution >= 0.6 is 11.8 Å². The topological polar surface area (TPSA) is 78.8 Å². The molecule has 0 radical (unpaired) electrons. The number of nitrogens with zero attached hydrogens (tertiary/aromatic N) is 2. The van der Waals surface area contributed by atoms with Crippen molar-refractivity contribution in [1.29, 1.82) is 5.26 Å². The fraction of sp³-hybridized carbons (Fsp3) is 0.389. The lowest BCUT2D eigenvalue weighted by Crippen LogP contribution is -2.14. The van der Waals surface area contributed by atoms with Gasteiger partial charge in [-0.05, 0) is 37.1 Å². The molecule has 1 heterocycles. The van der Waals surface area contributed by atoms with Gasteiger partial charge in [0.1, 0.15) is 17.4 Å². The monoisotopic (exact) mass is 343 g/mol. The quantitative estimate of drug-likeness (QED) is 0.638. The summed E-state index contributed by atoms with van der Waals surface area (Å²) in [6, 6.07) is 7.58. The molecule has 1 aromatic heterocycles. The molecule has 1 N–H and O–H groups in total. The Morgan fingerprint density at radius 2 is 2.17 bits per heavy atom. The maximum atomic E-state index is 12.1. The molecule has 126 valence electrons. The molecule has 0 aliphatic rings. The van der Waals surface area contributed by atoms with Crippen molar-refractivity contribution in [3.63, 3.8) is 0 Å². The van der Waals surface area contributed by atoms with Crippen LogP contribution < -0.4 is 10.3 Å². The minimum Gasteiger partial charge on any atom is -0.493 e. The Balaban J connectivity index is 2.44. The van der Waals surface area contributed by atoms with E-state index >= 15 is 0 Å². The molecule has 5 nitrogen and oxygen atoms in total. The summed E-state index contributed by atoms with van der Waals surface area (Å²) in [4.78, 5) is 19.1. The van der Waals surface area contributed by atoms with E-state index < -0.39 is 5.56 Å². The molecule has 0 saturated carbocycles. The van der Waals surface area contributed by atoms with E-state index in [4.69, 9.17) is 4.74 Å². The maximum Gasteiger partial charge on any atom is 0.270 e. The van der Waals surface area contributed by atoms with Gasteiger partial charge in [-0.3, -0.25) is 4.79 Å². The van der Waals surface area contributed by atoms with Crippen molar-refractivity contribution in [2.45, 2.75) is 32.3 Å². The highest BCUT2D eigenvalue weighted by atomic mass is 32.2. The zero-order chi connectivity index (χ0) is 17.7. The van der Waals surface area contributed by atoms with Gasteiger partial charge in [0.15, 0.2) is 5.16 Å². The van der Waals surface area contributed by atoms with Crippen LogP contribution in [0.25, 0.3) is 11.3 Å². The summed E-state index contributed by atoms with van der Waals surface area (Å²) in [6.07, 6.45) is 2.79. The third-order valence-electron chi connectivity index (χ3n) is 3.62. The minimum atomic E-state index is -0.422. The van der Waals surface area contributed by atoms with Gasteiger partial charge in [-0.25, -0.2) is 4.98 Å². The Kier molecular flexibility index (Phi) is 6.04. The Morgan fingerprint density at radius 3 is 2.79 bits per heavy atom. The smallest absolute Gasteiger partial charge is 0.270 e. The van der Waals surface area contributed by atoms with Gasteiger partial charge < -0.3 is 9.72 Å². The van der Waals surface area contributed by atoms with Gasteiger partial charge in [0.25, 0.3) is 5.56 Å². The predicted octanol–water partition coefficient (Wildman–Crippen LogP) is 3.76. The van der Waals surface area contributed by atoms with E-state index in [0.717, 1.165) is 17.7 Å². The van der Waals surface area contributed by atoms with E-state index in [2.05, 4.69) is 23.8 Å². The molecular formula is C18H21N3O2S. The van der Waals surface area contributed by atoms with Crippen LogP contribution in [0.15, 0.2) is 28.2 Å². The van der Waals surface area contributed by atoms with Gasteiger partial charge in [0.2, 0.25) is 0 Å². The lowest BCUT2D eigenvalue weighted by molar-refractivity contribution is 0.288. The summed E-state index contributed by atoms with van der Waals surface area (Å²) in [6.45, 7) is 6.90. The zero-order valence-corrected chi connectivity index (χ0v) is 15.2. The fourth-order valence-electron chi connectivity index (χ4n) is 2.17. The van der Waals surface area contributed by atoms with E-state index in [0.29, 0.717) is 28.9 Å². The summed E-state index contributed by atoms with van der Waals surface area (Å²) in [7, 11) is 0. The number of thioether (sulfide) groups is 1. The summed E-state index contributed by atoms with van der Waals surface area (Å²) < 4.78 is 5.87. The molecular weight excluding hydrogens is 322 g/mol. The van der Waals surface area contributed by atoms with Crippen LogP contribution in [0.1, 0.15) is 31.4 Å². The van der Waals surface area contributed by atoms with Crippen molar-refractivity contribution in [3.05, 3.63) is 39.7 Å². The summed E-state index contributed by atoms with van der Waals surface area (Å²) in [5, 5.41) is 9.79. The Morgan fingerprint density at radius 1 is 1.42 bits per heavy atom. The number of H-pyrrole nitrogens is 1. The fourth-order valence-corrected chi connectivity index (χ4v) is 2.55. The molecule has 0 unspecified atom stereocenters. The lowest BCUT2D eigenvalue weighted by Gasteiger charge is -2.12. The molecule has 0 aliphatic heterocycles. The zero-order valence-electron chi connectivity index (χ0n) is 14.3. The van der Waals surface area contributed by atoms with Crippen molar-refractivity contribution in [2.24, 2.45) is 5.92 Å². The predicted molar refractivity (Wildman–Crippen MR) is 96.5 cm³/mol. The van der Waals surface area contributed by atoms with Gasteiger partial charge in [-0.15, -0.1) is 0 Å². The van der Waals surface area contributed by atoms with Crippen LogP contribution in [0, 0.1) is 24.2 Å². The van der Waals surface area contributed by atoms with E-state index in [1.165, 1.54) is 11.8 Å². The number of hydrogen-bond donors (Lipinski definition) is 1. The van der Waals surface area contributed by atoms with Crippen molar-refractivity contribution < 1.29 is 4.74 Å². The number of hydrogen-bond acceptors (Lipinski definition) is 5. The maximum absolute atomic E-state index is 12.1. The molecule has 0 fully saturated rings. The van der Waals surface area contributed by atoms with Crippen LogP contribution in [-0.4, -0.2) is 22.8 Å². The largest absolute Gasteiger partial charge is 0.493 e. The molecule has 0 bridgehead atoms. The summed E-state index contributed by atoms with van der Waals surface area (Å²) >= 11 is 1.33. The second-order valence-corrected chi connectivity index (χ2v) is 6.72. The highest BCUT2D eigenvalue weighted by Crippen LogP contribution is 2.28. The molecule has 0 amide bonds. The first-order chi connectivity index (χ1) is 11.5. The molecule has 2 rings (SSSR count). The Labute approximate surface area is 146 Å². The standard InChI is InChI=1S/C18H21N3O2S/c1-11(2)7-8-23-15-9-13(6-5-12(15)3)16-14(10-19)17(22)21-18(20-16)24-4/h5-6,9,11H,7-8H2,1-4H3,(H,20,21,22). The van der Waals surface area contributed by atoms with Crippen molar-refractivity contribution in [3.8, 4) is 23.1 Å².